The number of halogens is 3. The molecule has 0 aliphatic carbocycles. The van der Waals surface area contributed by atoms with Gasteiger partial charge in [0.05, 0.1) is 17.2 Å². The summed E-state index contributed by atoms with van der Waals surface area (Å²) in [7, 11) is 1.27. The summed E-state index contributed by atoms with van der Waals surface area (Å²) >= 11 is 18.0. The Balaban J connectivity index is 2.70. The lowest BCUT2D eigenvalue weighted by Crippen LogP contribution is -2.04. The molecule has 0 amide bonds. The Morgan fingerprint density at radius 2 is 1.84 bits per heavy atom. The number of rotatable bonds is 2. The van der Waals surface area contributed by atoms with Crippen LogP contribution >= 0.6 is 34.8 Å². The zero-order valence-corrected chi connectivity index (χ0v) is 12.2. The molecule has 0 spiro atoms. The topological polar surface area (TPSA) is 52.3 Å². The Morgan fingerprint density at radius 3 is 2.37 bits per heavy atom. The van der Waals surface area contributed by atoms with Crippen LogP contribution < -0.4 is 0 Å². The first-order chi connectivity index (χ1) is 8.95. The van der Waals surface area contributed by atoms with Crippen LogP contribution in [0.2, 0.25) is 15.1 Å². The number of carbonyl (C=O) groups is 1. The molecule has 100 valence electrons. The number of nitrogens with zero attached hydrogens (tertiary/aromatic N) is 1. The van der Waals surface area contributed by atoms with Crippen molar-refractivity contribution in [1.82, 2.24) is 5.16 Å². The van der Waals surface area contributed by atoms with Gasteiger partial charge in [0.2, 0.25) is 0 Å². The molecule has 0 aliphatic rings. The van der Waals surface area contributed by atoms with Crippen molar-refractivity contribution in [2.75, 3.05) is 7.11 Å². The summed E-state index contributed by atoms with van der Waals surface area (Å²) in [6.07, 6.45) is 0. The van der Waals surface area contributed by atoms with Crippen LogP contribution in [0, 0.1) is 6.92 Å². The van der Waals surface area contributed by atoms with E-state index in [0.29, 0.717) is 16.3 Å². The van der Waals surface area contributed by atoms with Gasteiger partial charge >= 0.3 is 5.97 Å². The van der Waals surface area contributed by atoms with Gasteiger partial charge in [0.15, 0.2) is 0 Å². The van der Waals surface area contributed by atoms with E-state index in [9.17, 15) is 4.79 Å². The van der Waals surface area contributed by atoms with Crippen LogP contribution in [-0.2, 0) is 4.74 Å². The third kappa shape index (κ3) is 2.56. The van der Waals surface area contributed by atoms with Gasteiger partial charge in [-0.2, -0.15) is 0 Å². The van der Waals surface area contributed by atoms with E-state index in [1.807, 2.05) is 0 Å². The fourth-order valence-corrected chi connectivity index (χ4v) is 2.65. The minimum absolute atomic E-state index is 0.189. The van der Waals surface area contributed by atoms with Crippen LogP contribution in [-0.4, -0.2) is 18.2 Å². The first-order valence-electron chi connectivity index (χ1n) is 5.15. The maximum atomic E-state index is 11.7. The van der Waals surface area contributed by atoms with Crippen molar-refractivity contribution >= 4 is 40.8 Å². The molecular formula is C12H8Cl3NO3. The fraction of sp³-hybridized carbons (Fsp3) is 0.167. The van der Waals surface area contributed by atoms with E-state index in [1.54, 1.807) is 6.92 Å². The van der Waals surface area contributed by atoms with E-state index in [-0.39, 0.29) is 21.3 Å². The third-order valence-corrected chi connectivity index (χ3v) is 3.31. The Labute approximate surface area is 124 Å². The highest BCUT2D eigenvalue weighted by Crippen LogP contribution is 2.39. The van der Waals surface area contributed by atoms with Gasteiger partial charge in [0, 0.05) is 10.6 Å². The number of esters is 1. The summed E-state index contributed by atoms with van der Waals surface area (Å²) in [6, 6.07) is 3.02. The van der Waals surface area contributed by atoms with E-state index in [1.165, 1.54) is 19.2 Å². The van der Waals surface area contributed by atoms with Crippen molar-refractivity contribution in [1.29, 1.82) is 0 Å². The lowest BCUT2D eigenvalue weighted by atomic mass is 10.1. The molecule has 0 aliphatic heterocycles. The maximum absolute atomic E-state index is 11.7. The second-order valence-corrected chi connectivity index (χ2v) is 4.95. The molecule has 0 saturated heterocycles. The molecule has 7 heteroatoms. The van der Waals surface area contributed by atoms with Crippen LogP contribution in [0.15, 0.2) is 16.7 Å². The molecule has 4 nitrogen and oxygen atoms in total. The summed E-state index contributed by atoms with van der Waals surface area (Å²) in [6.45, 7) is 1.60. The molecule has 0 fully saturated rings. The number of hydrogen-bond acceptors (Lipinski definition) is 4. The zero-order chi connectivity index (χ0) is 14.2. The number of aryl methyl sites for hydroxylation is 1. The summed E-state index contributed by atoms with van der Waals surface area (Å²) in [5.41, 5.74) is 0.801. The molecular weight excluding hydrogens is 312 g/mol. The van der Waals surface area contributed by atoms with Crippen molar-refractivity contribution in [3.05, 3.63) is 38.5 Å². The second kappa shape index (κ2) is 5.41. The van der Waals surface area contributed by atoms with E-state index < -0.39 is 5.97 Å². The Hall–Kier alpha value is -1.23. The largest absolute Gasteiger partial charge is 0.465 e. The van der Waals surface area contributed by atoms with Gasteiger partial charge in [-0.1, -0.05) is 40.0 Å². The lowest BCUT2D eigenvalue weighted by molar-refractivity contribution is 0.0599. The van der Waals surface area contributed by atoms with Crippen LogP contribution in [0.1, 0.15) is 16.1 Å². The van der Waals surface area contributed by atoms with E-state index in [4.69, 9.17) is 39.3 Å². The van der Waals surface area contributed by atoms with Crippen molar-refractivity contribution < 1.29 is 14.1 Å². The highest BCUT2D eigenvalue weighted by molar-refractivity contribution is 6.42. The van der Waals surface area contributed by atoms with Crippen LogP contribution in [0.5, 0.6) is 0 Å². The Morgan fingerprint density at radius 1 is 1.26 bits per heavy atom. The third-order valence-electron chi connectivity index (χ3n) is 2.50. The van der Waals surface area contributed by atoms with Gasteiger partial charge in [0.1, 0.15) is 17.0 Å². The number of aromatic nitrogens is 1. The first kappa shape index (κ1) is 14.2. The van der Waals surface area contributed by atoms with Crippen LogP contribution in [0.4, 0.5) is 0 Å². The Kier molecular flexibility index (Phi) is 4.04. The van der Waals surface area contributed by atoms with Crippen LogP contribution in [0.25, 0.3) is 11.3 Å². The van der Waals surface area contributed by atoms with Gasteiger partial charge in [-0.25, -0.2) is 4.79 Å². The second-order valence-electron chi connectivity index (χ2n) is 3.70. The number of hydrogen-bond donors (Lipinski definition) is 0. The normalized spacial score (nSPS) is 10.6. The molecule has 0 N–H and O–H groups in total. The molecule has 19 heavy (non-hydrogen) atoms. The van der Waals surface area contributed by atoms with Gasteiger partial charge in [-0.05, 0) is 19.1 Å². The summed E-state index contributed by atoms with van der Waals surface area (Å²) < 4.78 is 9.70. The maximum Gasteiger partial charge on any atom is 0.343 e. The minimum atomic E-state index is -0.573. The summed E-state index contributed by atoms with van der Waals surface area (Å²) in [5.74, 6) is -0.250. The van der Waals surface area contributed by atoms with Crippen LogP contribution in [0.3, 0.4) is 0 Å². The van der Waals surface area contributed by atoms with Gasteiger partial charge in [0.25, 0.3) is 0 Å². The van der Waals surface area contributed by atoms with Gasteiger partial charge in [-0.15, -0.1) is 0 Å². The molecule has 1 heterocycles. The predicted molar refractivity (Wildman–Crippen MR) is 73.0 cm³/mol. The molecule has 0 bridgehead atoms. The monoisotopic (exact) mass is 319 g/mol. The highest BCUT2D eigenvalue weighted by atomic mass is 35.5. The number of ether oxygens (including phenoxy) is 1. The number of benzene rings is 1. The quantitative estimate of drug-likeness (QED) is 0.770. The van der Waals surface area contributed by atoms with Gasteiger partial charge in [-0.3, -0.25) is 0 Å². The number of methoxy groups -OCH3 is 1. The first-order valence-corrected chi connectivity index (χ1v) is 6.28. The van der Waals surface area contributed by atoms with Crippen molar-refractivity contribution in [2.45, 2.75) is 6.92 Å². The average Bonchev–Trinajstić information content (AvgIpc) is 2.69. The van der Waals surface area contributed by atoms with E-state index in [0.717, 1.165) is 0 Å². The SMILES string of the molecule is COC(=O)c1c(-c2c(Cl)cc(Cl)cc2Cl)noc1C. The molecule has 0 radical (unpaired) electrons. The smallest absolute Gasteiger partial charge is 0.343 e. The van der Waals surface area contributed by atoms with Crippen molar-refractivity contribution in [3.8, 4) is 11.3 Å². The molecule has 0 atom stereocenters. The van der Waals surface area contributed by atoms with Crippen molar-refractivity contribution in [3.63, 3.8) is 0 Å². The summed E-state index contributed by atoms with van der Waals surface area (Å²) in [5, 5.41) is 4.75. The standard InChI is InChI=1S/C12H8Cl3NO3/c1-5-9(12(17)18-2)11(16-19-5)10-7(14)3-6(13)4-8(10)15/h3-4H,1-2H3. The average molecular weight is 321 g/mol. The molecule has 2 aromatic rings. The number of carbonyl (C=O) groups excluding carboxylic acids is 1. The molecule has 2 rings (SSSR count). The molecule has 1 aromatic carbocycles. The fourth-order valence-electron chi connectivity index (χ4n) is 1.65. The van der Waals surface area contributed by atoms with Gasteiger partial charge < -0.3 is 9.26 Å². The lowest BCUT2D eigenvalue weighted by Gasteiger charge is -2.06. The Bertz CT molecular complexity index is 629. The van der Waals surface area contributed by atoms with E-state index >= 15 is 0 Å². The zero-order valence-electron chi connectivity index (χ0n) is 9.96. The predicted octanol–water partition coefficient (Wildman–Crippen LogP) is 4.40. The van der Waals surface area contributed by atoms with Crippen molar-refractivity contribution in [2.24, 2.45) is 0 Å². The summed E-state index contributed by atoms with van der Waals surface area (Å²) in [4.78, 5) is 11.7. The van der Waals surface area contributed by atoms with E-state index in [2.05, 4.69) is 9.89 Å². The molecule has 0 unspecified atom stereocenters. The molecule has 0 saturated carbocycles. The molecule has 1 aromatic heterocycles. The minimum Gasteiger partial charge on any atom is -0.465 e. The highest BCUT2D eigenvalue weighted by Gasteiger charge is 2.25.